The highest BCUT2D eigenvalue weighted by Crippen LogP contribution is 2.26. The number of aromatic hydroxyl groups is 1. The predicted molar refractivity (Wildman–Crippen MR) is 104 cm³/mol. The summed E-state index contributed by atoms with van der Waals surface area (Å²) in [5.41, 5.74) is 0.278. The zero-order chi connectivity index (χ0) is 20.5. The lowest BCUT2D eigenvalue weighted by atomic mass is 10.0. The van der Waals surface area contributed by atoms with Gasteiger partial charge in [0.1, 0.15) is 5.75 Å². The summed E-state index contributed by atoms with van der Waals surface area (Å²) in [6.45, 7) is 1.08. The molecular weight excluding hydrogens is 378 g/mol. The van der Waals surface area contributed by atoms with Crippen LogP contribution in [0.25, 0.3) is 10.8 Å². The molecule has 148 valence electrons. The van der Waals surface area contributed by atoms with Gasteiger partial charge in [0.15, 0.2) is 11.6 Å². The molecule has 0 unspecified atom stereocenters. The molecule has 7 heteroatoms. The van der Waals surface area contributed by atoms with Gasteiger partial charge in [-0.05, 0) is 41.1 Å². The van der Waals surface area contributed by atoms with E-state index in [0.29, 0.717) is 0 Å². The number of carbonyl (C=O) groups is 2. The highest BCUT2D eigenvalue weighted by Gasteiger charge is 2.27. The van der Waals surface area contributed by atoms with E-state index in [9.17, 15) is 23.5 Å². The van der Waals surface area contributed by atoms with Crippen molar-refractivity contribution in [3.8, 4) is 5.75 Å². The number of phenols is 1. The van der Waals surface area contributed by atoms with E-state index < -0.39 is 17.5 Å². The molecule has 1 N–H and O–H groups in total. The Morgan fingerprint density at radius 3 is 1.97 bits per heavy atom. The normalized spacial score (nSPS) is 14.3. The molecular formula is C22H18F2N2O3. The number of hydrogen-bond donors (Lipinski definition) is 1. The molecule has 1 saturated heterocycles. The number of phenolic OH excluding ortho intramolecular Hbond substituents is 1. The number of piperazine rings is 1. The van der Waals surface area contributed by atoms with Crippen molar-refractivity contribution >= 4 is 22.6 Å². The number of halogens is 2. The average molecular weight is 396 g/mol. The second-order valence-electron chi connectivity index (χ2n) is 6.93. The Bertz CT molecular complexity index is 1110. The first kappa shape index (κ1) is 18.9. The Morgan fingerprint density at radius 1 is 0.759 bits per heavy atom. The van der Waals surface area contributed by atoms with E-state index in [4.69, 9.17) is 0 Å². The summed E-state index contributed by atoms with van der Waals surface area (Å²) in [6.07, 6.45) is 0. The standard InChI is InChI=1S/C22H18F2N2O3/c23-18-6-5-16(12-19(18)24)21(28)25-7-9-26(10-8-25)22(29)17-11-14-3-1-2-4-15(14)13-20(17)27/h1-6,11-13,27H,7-10H2. The maximum atomic E-state index is 13.4. The molecule has 3 aromatic rings. The van der Waals surface area contributed by atoms with E-state index in [2.05, 4.69) is 0 Å². The minimum Gasteiger partial charge on any atom is -0.507 e. The highest BCUT2D eigenvalue weighted by atomic mass is 19.2. The lowest BCUT2D eigenvalue weighted by Gasteiger charge is -2.35. The predicted octanol–water partition coefficient (Wildman–Crippen LogP) is 3.42. The Labute approximate surface area is 165 Å². The van der Waals surface area contributed by atoms with E-state index in [1.165, 1.54) is 11.0 Å². The molecule has 0 atom stereocenters. The molecule has 29 heavy (non-hydrogen) atoms. The molecule has 0 bridgehead atoms. The largest absolute Gasteiger partial charge is 0.507 e. The molecule has 1 fully saturated rings. The number of hydrogen-bond acceptors (Lipinski definition) is 3. The van der Waals surface area contributed by atoms with Gasteiger partial charge in [0.2, 0.25) is 0 Å². The maximum absolute atomic E-state index is 13.4. The summed E-state index contributed by atoms with van der Waals surface area (Å²) in [5.74, 6) is -2.89. The Balaban J connectivity index is 1.46. The molecule has 1 aliphatic rings. The summed E-state index contributed by atoms with van der Waals surface area (Å²) in [6, 6.07) is 13.7. The first-order valence-electron chi connectivity index (χ1n) is 9.19. The molecule has 4 rings (SSSR count). The summed E-state index contributed by atoms with van der Waals surface area (Å²) >= 11 is 0. The van der Waals surface area contributed by atoms with Gasteiger partial charge in [-0.25, -0.2) is 8.78 Å². The lowest BCUT2D eigenvalue weighted by Crippen LogP contribution is -2.50. The van der Waals surface area contributed by atoms with Crippen LogP contribution >= 0.6 is 0 Å². The van der Waals surface area contributed by atoms with Crippen molar-refractivity contribution in [1.29, 1.82) is 0 Å². The van der Waals surface area contributed by atoms with Gasteiger partial charge < -0.3 is 14.9 Å². The van der Waals surface area contributed by atoms with Gasteiger partial charge in [-0.2, -0.15) is 0 Å². The van der Waals surface area contributed by atoms with Gasteiger partial charge in [-0.15, -0.1) is 0 Å². The Morgan fingerprint density at radius 2 is 1.34 bits per heavy atom. The first-order chi connectivity index (χ1) is 13.9. The molecule has 2 amide bonds. The number of benzene rings is 3. The fourth-order valence-electron chi connectivity index (χ4n) is 3.49. The third-order valence-corrected chi connectivity index (χ3v) is 5.12. The third-order valence-electron chi connectivity index (χ3n) is 5.12. The van der Waals surface area contributed by atoms with Crippen LogP contribution in [0.1, 0.15) is 20.7 Å². The van der Waals surface area contributed by atoms with Gasteiger partial charge in [-0.3, -0.25) is 9.59 Å². The summed E-state index contributed by atoms with van der Waals surface area (Å²) in [5, 5.41) is 12.0. The first-order valence-corrected chi connectivity index (χ1v) is 9.19. The molecule has 3 aromatic carbocycles. The molecule has 0 spiro atoms. The second kappa shape index (κ2) is 7.50. The average Bonchev–Trinajstić information content (AvgIpc) is 2.74. The second-order valence-corrected chi connectivity index (χ2v) is 6.93. The van der Waals surface area contributed by atoms with E-state index in [0.717, 1.165) is 22.9 Å². The van der Waals surface area contributed by atoms with Crippen LogP contribution in [-0.4, -0.2) is 52.9 Å². The molecule has 0 radical (unpaired) electrons. The van der Waals surface area contributed by atoms with Crippen molar-refractivity contribution in [1.82, 2.24) is 9.80 Å². The Kier molecular flexibility index (Phi) is 4.88. The highest BCUT2D eigenvalue weighted by molar-refractivity contribution is 6.01. The monoisotopic (exact) mass is 396 g/mol. The fourth-order valence-corrected chi connectivity index (χ4v) is 3.49. The molecule has 1 heterocycles. The summed E-state index contributed by atoms with van der Waals surface area (Å²) < 4.78 is 26.5. The van der Waals surface area contributed by atoms with Crippen molar-refractivity contribution in [2.24, 2.45) is 0 Å². The van der Waals surface area contributed by atoms with E-state index in [-0.39, 0.29) is 49.0 Å². The van der Waals surface area contributed by atoms with Crippen molar-refractivity contribution < 1.29 is 23.5 Å². The quantitative estimate of drug-likeness (QED) is 0.722. The topological polar surface area (TPSA) is 60.9 Å². The zero-order valence-corrected chi connectivity index (χ0v) is 15.4. The fraction of sp³-hybridized carbons (Fsp3) is 0.182. The Hall–Kier alpha value is -3.48. The van der Waals surface area contributed by atoms with E-state index in [1.54, 1.807) is 17.0 Å². The van der Waals surface area contributed by atoms with Crippen LogP contribution in [0.3, 0.4) is 0 Å². The van der Waals surface area contributed by atoms with Crippen molar-refractivity contribution in [3.05, 3.63) is 77.4 Å². The van der Waals surface area contributed by atoms with Crippen LogP contribution in [0.5, 0.6) is 5.75 Å². The van der Waals surface area contributed by atoms with Crippen LogP contribution in [0, 0.1) is 11.6 Å². The molecule has 0 aromatic heterocycles. The van der Waals surface area contributed by atoms with Crippen molar-refractivity contribution in [2.75, 3.05) is 26.2 Å². The van der Waals surface area contributed by atoms with Gasteiger partial charge in [0, 0.05) is 31.7 Å². The van der Waals surface area contributed by atoms with Crippen molar-refractivity contribution in [3.63, 3.8) is 0 Å². The van der Waals surface area contributed by atoms with Crippen molar-refractivity contribution in [2.45, 2.75) is 0 Å². The molecule has 0 saturated carbocycles. The van der Waals surface area contributed by atoms with Crippen LogP contribution in [0.15, 0.2) is 54.6 Å². The minimum atomic E-state index is -1.07. The van der Waals surface area contributed by atoms with Gasteiger partial charge >= 0.3 is 0 Å². The zero-order valence-electron chi connectivity index (χ0n) is 15.4. The SMILES string of the molecule is O=C(c1ccc(F)c(F)c1)N1CCN(C(=O)c2cc3ccccc3cc2O)CC1. The number of nitrogens with zero attached hydrogens (tertiary/aromatic N) is 2. The number of amides is 2. The summed E-state index contributed by atoms with van der Waals surface area (Å²) in [7, 11) is 0. The van der Waals surface area contributed by atoms with E-state index >= 15 is 0 Å². The van der Waals surface area contributed by atoms with Gasteiger partial charge in [0.25, 0.3) is 11.8 Å². The molecule has 0 aliphatic carbocycles. The minimum absolute atomic E-state index is 0.0656. The van der Waals surface area contributed by atoms with Gasteiger partial charge in [0.05, 0.1) is 5.56 Å². The number of fused-ring (bicyclic) bond motifs is 1. The number of rotatable bonds is 2. The number of carbonyl (C=O) groups excluding carboxylic acids is 2. The van der Waals surface area contributed by atoms with Crippen LogP contribution in [-0.2, 0) is 0 Å². The van der Waals surface area contributed by atoms with Crippen LogP contribution in [0.4, 0.5) is 8.78 Å². The molecule has 5 nitrogen and oxygen atoms in total. The summed E-state index contributed by atoms with van der Waals surface area (Å²) in [4.78, 5) is 28.4. The van der Waals surface area contributed by atoms with Gasteiger partial charge in [-0.1, -0.05) is 24.3 Å². The lowest BCUT2D eigenvalue weighted by molar-refractivity contribution is 0.0533. The molecule has 1 aliphatic heterocycles. The van der Waals surface area contributed by atoms with Crippen LogP contribution in [0.2, 0.25) is 0 Å². The smallest absolute Gasteiger partial charge is 0.257 e. The van der Waals surface area contributed by atoms with Crippen LogP contribution < -0.4 is 0 Å². The van der Waals surface area contributed by atoms with E-state index in [1.807, 2.05) is 24.3 Å². The maximum Gasteiger partial charge on any atom is 0.257 e. The third kappa shape index (κ3) is 3.63.